The van der Waals surface area contributed by atoms with Crippen molar-refractivity contribution in [1.82, 2.24) is 9.97 Å². The molecule has 2 rings (SSSR count). The predicted molar refractivity (Wildman–Crippen MR) is 62.2 cm³/mol. The highest BCUT2D eigenvalue weighted by Gasteiger charge is 2.03. The number of nitrogens with zero attached hydrogens (tertiary/aromatic N) is 1. The molecule has 0 atom stereocenters. The molecule has 1 aromatic carbocycles. The van der Waals surface area contributed by atoms with Crippen LogP contribution in [-0.2, 0) is 0 Å². The zero-order valence-corrected chi connectivity index (χ0v) is 9.87. The third kappa shape index (κ3) is 2.20. The van der Waals surface area contributed by atoms with Crippen LogP contribution in [0.3, 0.4) is 0 Å². The molecule has 2 aromatic rings. The minimum absolute atomic E-state index is 0.538. The van der Waals surface area contributed by atoms with Crippen molar-refractivity contribution in [1.29, 1.82) is 0 Å². The van der Waals surface area contributed by atoms with Gasteiger partial charge < -0.3 is 4.98 Å². The van der Waals surface area contributed by atoms with Gasteiger partial charge >= 0.3 is 0 Å². The van der Waals surface area contributed by atoms with Crippen molar-refractivity contribution in [2.45, 2.75) is 20.8 Å². The normalized spacial score (nSPS) is 9.79. The molecular formula is C10H12Cl2N2. The first kappa shape index (κ1) is 11.3. The van der Waals surface area contributed by atoms with E-state index >= 15 is 0 Å². The fraction of sp³-hybridized carbons (Fsp3) is 0.300. The van der Waals surface area contributed by atoms with Crippen LogP contribution in [0.5, 0.6) is 0 Å². The van der Waals surface area contributed by atoms with E-state index in [1.165, 1.54) is 0 Å². The molecule has 0 unspecified atom stereocenters. The van der Waals surface area contributed by atoms with Crippen LogP contribution in [-0.4, -0.2) is 9.97 Å². The number of rotatable bonds is 0. The average Bonchev–Trinajstić information content (AvgIpc) is 2.49. The molecule has 0 aliphatic carbocycles. The lowest BCUT2D eigenvalue weighted by atomic mass is 10.3. The highest BCUT2D eigenvalue weighted by Crippen LogP contribution is 2.26. The third-order valence-electron chi connectivity index (χ3n) is 1.64. The summed E-state index contributed by atoms with van der Waals surface area (Å²) in [5.74, 6) is 0.864. The van der Waals surface area contributed by atoms with E-state index in [4.69, 9.17) is 23.2 Å². The van der Waals surface area contributed by atoms with Gasteiger partial charge in [0.1, 0.15) is 5.82 Å². The maximum Gasteiger partial charge on any atom is 0.104 e. The second kappa shape index (κ2) is 4.67. The van der Waals surface area contributed by atoms with Crippen LogP contribution >= 0.6 is 23.2 Å². The van der Waals surface area contributed by atoms with Gasteiger partial charge in [0.05, 0.1) is 21.1 Å². The van der Waals surface area contributed by atoms with Crippen molar-refractivity contribution < 1.29 is 0 Å². The minimum atomic E-state index is 0.538. The minimum Gasteiger partial charge on any atom is -0.342 e. The molecule has 1 aromatic heterocycles. The molecule has 0 spiro atoms. The Hall–Kier alpha value is -0.730. The maximum atomic E-state index is 5.82. The van der Waals surface area contributed by atoms with E-state index in [9.17, 15) is 0 Å². The van der Waals surface area contributed by atoms with Crippen LogP contribution in [0.15, 0.2) is 12.1 Å². The summed E-state index contributed by atoms with van der Waals surface area (Å²) in [6.07, 6.45) is 0. The Morgan fingerprint density at radius 3 is 2.36 bits per heavy atom. The number of aromatic nitrogens is 2. The van der Waals surface area contributed by atoms with Gasteiger partial charge in [-0.1, -0.05) is 37.0 Å². The fourth-order valence-corrected chi connectivity index (χ4v) is 1.45. The molecule has 0 radical (unpaired) electrons. The summed E-state index contributed by atoms with van der Waals surface area (Å²) in [4.78, 5) is 7.29. The van der Waals surface area contributed by atoms with Gasteiger partial charge in [-0.15, -0.1) is 0 Å². The SMILES string of the molecule is CC.Cc1nc2cc(Cl)c(Cl)cc2[nH]1. The molecule has 0 saturated carbocycles. The second-order valence-corrected chi connectivity index (χ2v) is 3.42. The number of nitrogens with one attached hydrogen (secondary N) is 1. The topological polar surface area (TPSA) is 28.7 Å². The molecule has 2 nitrogen and oxygen atoms in total. The van der Waals surface area contributed by atoms with Gasteiger partial charge in [-0.05, 0) is 19.1 Å². The fourth-order valence-electron chi connectivity index (χ4n) is 1.13. The molecule has 4 heteroatoms. The van der Waals surface area contributed by atoms with Crippen molar-refractivity contribution in [3.8, 4) is 0 Å². The van der Waals surface area contributed by atoms with Crippen LogP contribution in [0.25, 0.3) is 11.0 Å². The second-order valence-electron chi connectivity index (χ2n) is 2.61. The summed E-state index contributed by atoms with van der Waals surface area (Å²) in [6.45, 7) is 5.89. The highest BCUT2D eigenvalue weighted by molar-refractivity contribution is 6.42. The Morgan fingerprint density at radius 2 is 1.71 bits per heavy atom. The summed E-state index contributed by atoms with van der Waals surface area (Å²) in [6, 6.07) is 3.53. The highest BCUT2D eigenvalue weighted by atomic mass is 35.5. The molecule has 0 saturated heterocycles. The standard InChI is InChI=1S/C8H6Cl2N2.C2H6/c1-4-11-7-2-5(9)6(10)3-8(7)12-4;1-2/h2-3H,1H3,(H,11,12);1-2H3. The third-order valence-corrected chi connectivity index (χ3v) is 2.36. The Morgan fingerprint density at radius 1 is 1.14 bits per heavy atom. The number of hydrogen-bond acceptors (Lipinski definition) is 1. The van der Waals surface area contributed by atoms with Crippen LogP contribution in [0.4, 0.5) is 0 Å². The zero-order valence-electron chi connectivity index (χ0n) is 8.36. The monoisotopic (exact) mass is 230 g/mol. The quantitative estimate of drug-likeness (QED) is 0.722. The number of halogens is 2. The van der Waals surface area contributed by atoms with Gasteiger partial charge in [0, 0.05) is 0 Å². The largest absolute Gasteiger partial charge is 0.342 e. The van der Waals surface area contributed by atoms with E-state index in [1.54, 1.807) is 12.1 Å². The first-order valence-electron chi connectivity index (χ1n) is 4.48. The number of benzene rings is 1. The lowest BCUT2D eigenvalue weighted by Crippen LogP contribution is -1.71. The summed E-state index contributed by atoms with van der Waals surface area (Å²) in [7, 11) is 0. The van der Waals surface area contributed by atoms with E-state index in [1.807, 2.05) is 20.8 Å². The van der Waals surface area contributed by atoms with Crippen LogP contribution in [0.1, 0.15) is 19.7 Å². The lowest BCUT2D eigenvalue weighted by Gasteiger charge is -1.93. The van der Waals surface area contributed by atoms with Gasteiger partial charge in [0.25, 0.3) is 0 Å². The Bertz CT molecular complexity index is 396. The van der Waals surface area contributed by atoms with E-state index < -0.39 is 0 Å². The van der Waals surface area contributed by atoms with E-state index in [-0.39, 0.29) is 0 Å². The molecule has 76 valence electrons. The molecule has 1 heterocycles. The van der Waals surface area contributed by atoms with Gasteiger partial charge in [0.2, 0.25) is 0 Å². The van der Waals surface area contributed by atoms with Gasteiger partial charge in [-0.3, -0.25) is 0 Å². The molecule has 1 N–H and O–H groups in total. The number of aryl methyl sites for hydroxylation is 1. The van der Waals surface area contributed by atoms with Crippen LogP contribution in [0, 0.1) is 6.92 Å². The Kier molecular flexibility index (Phi) is 3.78. The van der Waals surface area contributed by atoms with Gasteiger partial charge in [-0.2, -0.15) is 0 Å². The van der Waals surface area contributed by atoms with Crippen LogP contribution < -0.4 is 0 Å². The predicted octanol–water partition coefficient (Wildman–Crippen LogP) is 4.20. The molecule has 0 aliphatic rings. The number of H-pyrrole nitrogens is 1. The first-order chi connectivity index (χ1) is 6.66. The summed E-state index contributed by atoms with van der Waals surface area (Å²) >= 11 is 11.6. The molecule has 0 amide bonds. The van der Waals surface area contributed by atoms with E-state index in [0.29, 0.717) is 10.0 Å². The van der Waals surface area contributed by atoms with Gasteiger partial charge in [0.15, 0.2) is 0 Å². The van der Waals surface area contributed by atoms with Crippen molar-refractivity contribution in [2.24, 2.45) is 0 Å². The number of imidazole rings is 1. The number of fused-ring (bicyclic) bond motifs is 1. The van der Waals surface area contributed by atoms with Crippen LogP contribution in [0.2, 0.25) is 10.0 Å². The van der Waals surface area contributed by atoms with E-state index in [2.05, 4.69) is 9.97 Å². The van der Waals surface area contributed by atoms with Gasteiger partial charge in [-0.25, -0.2) is 4.98 Å². The lowest BCUT2D eigenvalue weighted by molar-refractivity contribution is 1.17. The molecule has 0 aliphatic heterocycles. The zero-order chi connectivity index (χ0) is 10.7. The maximum absolute atomic E-state index is 5.82. The van der Waals surface area contributed by atoms with E-state index in [0.717, 1.165) is 16.9 Å². The molecular weight excluding hydrogens is 219 g/mol. The van der Waals surface area contributed by atoms with Crippen molar-refractivity contribution in [2.75, 3.05) is 0 Å². The first-order valence-corrected chi connectivity index (χ1v) is 5.24. The summed E-state index contributed by atoms with van der Waals surface area (Å²) < 4.78 is 0. The summed E-state index contributed by atoms with van der Waals surface area (Å²) in [5.41, 5.74) is 1.77. The summed E-state index contributed by atoms with van der Waals surface area (Å²) in [5, 5.41) is 1.09. The Balaban J connectivity index is 0.000000461. The average molecular weight is 231 g/mol. The molecule has 14 heavy (non-hydrogen) atoms. The number of hydrogen-bond donors (Lipinski definition) is 1. The Labute approximate surface area is 93.2 Å². The smallest absolute Gasteiger partial charge is 0.104 e. The molecule has 0 bridgehead atoms. The number of aromatic amines is 1. The van der Waals surface area contributed by atoms with Crippen molar-refractivity contribution >= 4 is 34.2 Å². The molecule has 0 fully saturated rings. The van der Waals surface area contributed by atoms with Crippen molar-refractivity contribution in [3.63, 3.8) is 0 Å². The van der Waals surface area contributed by atoms with Crippen molar-refractivity contribution in [3.05, 3.63) is 28.0 Å².